The summed E-state index contributed by atoms with van der Waals surface area (Å²) in [6.45, 7) is 2.27. The largest absolute Gasteiger partial charge is 0.450 e. The van der Waals surface area contributed by atoms with Crippen molar-refractivity contribution in [2.45, 2.75) is 32.6 Å². The van der Waals surface area contributed by atoms with Gasteiger partial charge in [0.2, 0.25) is 0 Å². The van der Waals surface area contributed by atoms with Gasteiger partial charge in [-0.15, -0.1) is 0 Å². The Morgan fingerprint density at radius 3 is 3.09 bits per heavy atom. The number of furan rings is 1. The number of hydrogen-bond donors (Lipinski definition) is 1. The van der Waals surface area contributed by atoms with Crippen LogP contribution in [0, 0.1) is 5.92 Å². The number of nitrogens with zero attached hydrogens (tertiary/aromatic N) is 3. The van der Waals surface area contributed by atoms with Gasteiger partial charge in [0.05, 0.1) is 0 Å². The molecule has 0 spiro atoms. The van der Waals surface area contributed by atoms with Gasteiger partial charge in [0, 0.05) is 11.1 Å². The van der Waals surface area contributed by atoms with Crippen LogP contribution < -0.4 is 5.43 Å². The van der Waals surface area contributed by atoms with E-state index in [9.17, 15) is 0 Å². The van der Waals surface area contributed by atoms with Gasteiger partial charge < -0.3 is 4.42 Å². The Labute approximate surface area is 128 Å². The summed E-state index contributed by atoms with van der Waals surface area (Å²) in [5.41, 5.74) is 6.60. The Bertz CT molecular complexity index is 852. The lowest BCUT2D eigenvalue weighted by Crippen LogP contribution is -2.14. The second kappa shape index (κ2) is 5.40. The lowest BCUT2D eigenvalue weighted by Gasteiger charge is -2.18. The summed E-state index contributed by atoms with van der Waals surface area (Å²) in [6, 6.07) is 7.88. The molecule has 0 saturated heterocycles. The molecule has 1 fully saturated rings. The molecule has 1 atom stereocenters. The predicted octanol–water partition coefficient (Wildman–Crippen LogP) is 4.35. The third-order valence-electron chi connectivity index (χ3n) is 4.22. The third-order valence-corrected chi connectivity index (χ3v) is 4.22. The van der Waals surface area contributed by atoms with Gasteiger partial charge in [-0.05, 0) is 43.7 Å². The summed E-state index contributed by atoms with van der Waals surface area (Å²) < 4.78 is 5.89. The number of hydrogen-bond acceptors (Lipinski definition) is 5. The first-order chi connectivity index (χ1) is 10.8. The zero-order valence-corrected chi connectivity index (χ0v) is 12.5. The first-order valence-electron chi connectivity index (χ1n) is 7.75. The highest BCUT2D eigenvalue weighted by Gasteiger charge is 2.15. The highest BCUT2D eigenvalue weighted by atomic mass is 16.3. The van der Waals surface area contributed by atoms with Crippen molar-refractivity contribution in [2.24, 2.45) is 11.0 Å². The summed E-state index contributed by atoms with van der Waals surface area (Å²) in [5.74, 6) is 1.35. The fraction of sp³-hybridized carbons (Fsp3) is 0.353. The van der Waals surface area contributed by atoms with Crippen molar-refractivity contribution >= 4 is 33.6 Å². The van der Waals surface area contributed by atoms with Gasteiger partial charge in [-0.2, -0.15) is 5.10 Å². The summed E-state index contributed by atoms with van der Waals surface area (Å²) >= 11 is 0. The van der Waals surface area contributed by atoms with E-state index in [-0.39, 0.29) is 0 Å². The zero-order valence-electron chi connectivity index (χ0n) is 12.5. The Morgan fingerprint density at radius 1 is 1.27 bits per heavy atom. The molecule has 2 aromatic heterocycles. The van der Waals surface area contributed by atoms with Gasteiger partial charge in [0.15, 0.2) is 11.4 Å². The molecule has 2 heterocycles. The van der Waals surface area contributed by atoms with E-state index in [1.165, 1.54) is 18.6 Å². The molecule has 4 rings (SSSR count). The van der Waals surface area contributed by atoms with Crippen LogP contribution in [0.5, 0.6) is 0 Å². The molecule has 3 aromatic rings. The lowest BCUT2D eigenvalue weighted by molar-refractivity contribution is 0.500. The van der Waals surface area contributed by atoms with Gasteiger partial charge in [-0.1, -0.05) is 19.1 Å². The summed E-state index contributed by atoms with van der Waals surface area (Å²) in [4.78, 5) is 8.63. The number of rotatable bonds is 2. The molecule has 0 amide bonds. The van der Waals surface area contributed by atoms with Gasteiger partial charge in [0.1, 0.15) is 17.4 Å². The summed E-state index contributed by atoms with van der Waals surface area (Å²) in [7, 11) is 0. The number of fused-ring (bicyclic) bond motifs is 3. The molecular formula is C17H18N4O. The average molecular weight is 294 g/mol. The molecular weight excluding hydrogens is 276 g/mol. The van der Waals surface area contributed by atoms with Gasteiger partial charge in [-0.25, -0.2) is 9.97 Å². The smallest absolute Gasteiger partial charge is 0.197 e. The van der Waals surface area contributed by atoms with E-state index < -0.39 is 0 Å². The third kappa shape index (κ3) is 2.32. The quantitative estimate of drug-likeness (QED) is 0.713. The number of para-hydroxylation sites is 1. The van der Waals surface area contributed by atoms with Gasteiger partial charge in [-0.3, -0.25) is 5.43 Å². The molecule has 0 aliphatic heterocycles. The Balaban J connectivity index is 1.71. The van der Waals surface area contributed by atoms with Crippen molar-refractivity contribution in [1.29, 1.82) is 0 Å². The topological polar surface area (TPSA) is 63.3 Å². The lowest BCUT2D eigenvalue weighted by atomic mass is 9.89. The highest BCUT2D eigenvalue weighted by Crippen LogP contribution is 2.30. The SMILES string of the molecule is C[C@H]1CCC/C(=N\Nc2ncnc3c2oc2ccccc23)C1. The molecule has 112 valence electrons. The van der Waals surface area contributed by atoms with E-state index in [4.69, 9.17) is 4.42 Å². The summed E-state index contributed by atoms with van der Waals surface area (Å²) in [5, 5.41) is 5.54. The second-order valence-electron chi connectivity index (χ2n) is 5.99. The van der Waals surface area contributed by atoms with Crippen LogP contribution in [0.15, 0.2) is 40.1 Å². The van der Waals surface area contributed by atoms with Crippen molar-refractivity contribution in [1.82, 2.24) is 9.97 Å². The first-order valence-corrected chi connectivity index (χ1v) is 7.75. The van der Waals surface area contributed by atoms with Crippen molar-refractivity contribution in [3.05, 3.63) is 30.6 Å². The van der Waals surface area contributed by atoms with Gasteiger partial charge >= 0.3 is 0 Å². The maximum Gasteiger partial charge on any atom is 0.197 e. The van der Waals surface area contributed by atoms with E-state index in [0.717, 1.165) is 29.3 Å². The molecule has 1 saturated carbocycles. The minimum atomic E-state index is 0.631. The van der Waals surface area contributed by atoms with Crippen molar-refractivity contribution in [2.75, 3.05) is 5.43 Å². The van der Waals surface area contributed by atoms with Crippen molar-refractivity contribution < 1.29 is 4.42 Å². The predicted molar refractivity (Wildman–Crippen MR) is 88.0 cm³/mol. The standard InChI is InChI=1S/C17H18N4O/c1-11-5-4-6-12(9-11)20-21-17-16-15(18-10-19-17)13-7-2-3-8-14(13)22-16/h2-3,7-8,10-11H,4-6,9H2,1H3,(H,18,19,21)/b20-12+/t11-/m0/s1. The highest BCUT2D eigenvalue weighted by molar-refractivity contribution is 6.05. The number of nitrogens with one attached hydrogen (secondary N) is 1. The Morgan fingerprint density at radius 2 is 2.18 bits per heavy atom. The Kier molecular flexibility index (Phi) is 3.25. The van der Waals surface area contributed by atoms with E-state index in [0.29, 0.717) is 17.3 Å². The van der Waals surface area contributed by atoms with E-state index in [1.54, 1.807) is 6.33 Å². The van der Waals surface area contributed by atoms with Crippen molar-refractivity contribution in [3.63, 3.8) is 0 Å². The molecule has 0 radical (unpaired) electrons. The molecule has 1 aromatic carbocycles. The van der Waals surface area contributed by atoms with E-state index in [1.807, 2.05) is 24.3 Å². The molecule has 1 aliphatic carbocycles. The number of aromatic nitrogens is 2. The Hall–Kier alpha value is -2.43. The molecule has 1 N–H and O–H groups in total. The normalized spacial score (nSPS) is 20.8. The summed E-state index contributed by atoms with van der Waals surface area (Å²) in [6.07, 6.45) is 6.18. The minimum Gasteiger partial charge on any atom is -0.450 e. The van der Waals surface area contributed by atoms with E-state index >= 15 is 0 Å². The number of benzene rings is 1. The fourth-order valence-corrected chi connectivity index (χ4v) is 3.10. The number of anilines is 1. The molecule has 0 unspecified atom stereocenters. The van der Waals surface area contributed by atoms with Crippen LogP contribution in [-0.2, 0) is 0 Å². The van der Waals surface area contributed by atoms with Crippen LogP contribution >= 0.6 is 0 Å². The first kappa shape index (κ1) is 13.2. The van der Waals surface area contributed by atoms with E-state index in [2.05, 4.69) is 27.4 Å². The monoisotopic (exact) mass is 294 g/mol. The molecule has 22 heavy (non-hydrogen) atoms. The zero-order chi connectivity index (χ0) is 14.9. The van der Waals surface area contributed by atoms with Gasteiger partial charge in [0.25, 0.3) is 0 Å². The number of hydrazone groups is 1. The van der Waals surface area contributed by atoms with Crippen LogP contribution in [0.25, 0.3) is 22.1 Å². The average Bonchev–Trinajstić information content (AvgIpc) is 2.92. The maximum absolute atomic E-state index is 5.89. The molecule has 0 bridgehead atoms. The van der Waals surface area contributed by atoms with Crippen LogP contribution in [0.1, 0.15) is 32.6 Å². The van der Waals surface area contributed by atoms with Crippen LogP contribution in [0.3, 0.4) is 0 Å². The van der Waals surface area contributed by atoms with Crippen molar-refractivity contribution in [3.8, 4) is 0 Å². The fourth-order valence-electron chi connectivity index (χ4n) is 3.10. The van der Waals surface area contributed by atoms with Crippen LogP contribution in [-0.4, -0.2) is 15.7 Å². The minimum absolute atomic E-state index is 0.631. The second-order valence-corrected chi connectivity index (χ2v) is 5.99. The van der Waals surface area contributed by atoms with Crippen LogP contribution in [0.4, 0.5) is 5.82 Å². The molecule has 1 aliphatic rings. The van der Waals surface area contributed by atoms with Crippen LogP contribution in [0.2, 0.25) is 0 Å². The maximum atomic E-state index is 5.89. The molecule has 5 heteroatoms. The molecule has 5 nitrogen and oxygen atoms in total.